The Kier molecular flexibility index (Phi) is 3.65. The lowest BCUT2D eigenvalue weighted by Gasteiger charge is -2.30. The Hall–Kier alpha value is -1.94. The van der Waals surface area contributed by atoms with Crippen LogP contribution in [-0.4, -0.2) is 36.1 Å². The molecule has 1 saturated heterocycles. The molecule has 0 amide bonds. The van der Waals surface area contributed by atoms with E-state index in [0.29, 0.717) is 0 Å². The Morgan fingerprint density at radius 3 is 2.55 bits per heavy atom. The van der Waals surface area contributed by atoms with E-state index in [-0.39, 0.29) is 0 Å². The second-order valence-electron chi connectivity index (χ2n) is 5.22. The number of anilines is 1. The molecular formula is C16H20N4. The van der Waals surface area contributed by atoms with Gasteiger partial charge in [0.25, 0.3) is 0 Å². The van der Waals surface area contributed by atoms with Gasteiger partial charge in [0, 0.05) is 31.7 Å². The highest BCUT2D eigenvalue weighted by Gasteiger charge is 2.15. The SMILES string of the molecule is Cc1ccccc1-c1ncc(N2CCNCC2)c(C)n1. The topological polar surface area (TPSA) is 41.1 Å². The van der Waals surface area contributed by atoms with Gasteiger partial charge < -0.3 is 10.2 Å². The van der Waals surface area contributed by atoms with Gasteiger partial charge >= 0.3 is 0 Å². The molecule has 1 aromatic carbocycles. The number of rotatable bonds is 2. The van der Waals surface area contributed by atoms with Crippen LogP contribution in [0.3, 0.4) is 0 Å². The maximum Gasteiger partial charge on any atom is 0.159 e. The van der Waals surface area contributed by atoms with Gasteiger partial charge in [-0.15, -0.1) is 0 Å². The summed E-state index contributed by atoms with van der Waals surface area (Å²) >= 11 is 0. The minimum absolute atomic E-state index is 0.819. The molecule has 0 bridgehead atoms. The number of benzene rings is 1. The summed E-state index contributed by atoms with van der Waals surface area (Å²) < 4.78 is 0. The molecule has 20 heavy (non-hydrogen) atoms. The molecule has 0 radical (unpaired) electrons. The second-order valence-corrected chi connectivity index (χ2v) is 5.22. The highest BCUT2D eigenvalue weighted by molar-refractivity contribution is 5.62. The Bertz CT molecular complexity index is 603. The average molecular weight is 268 g/mol. The highest BCUT2D eigenvalue weighted by atomic mass is 15.2. The molecule has 1 aliphatic heterocycles. The van der Waals surface area contributed by atoms with E-state index in [2.05, 4.69) is 41.2 Å². The average Bonchev–Trinajstić information content (AvgIpc) is 2.48. The minimum Gasteiger partial charge on any atom is -0.366 e. The van der Waals surface area contributed by atoms with Crippen molar-refractivity contribution in [2.75, 3.05) is 31.1 Å². The Morgan fingerprint density at radius 1 is 1.10 bits per heavy atom. The summed E-state index contributed by atoms with van der Waals surface area (Å²) in [6.07, 6.45) is 1.97. The number of aromatic nitrogens is 2. The van der Waals surface area contributed by atoms with Crippen LogP contribution in [0.25, 0.3) is 11.4 Å². The first-order valence-corrected chi connectivity index (χ1v) is 7.11. The van der Waals surface area contributed by atoms with E-state index in [4.69, 9.17) is 4.98 Å². The standard InChI is InChI=1S/C16H20N4/c1-12-5-3-4-6-14(12)16-18-11-15(13(2)19-16)20-9-7-17-8-10-20/h3-6,11,17H,7-10H2,1-2H3. The van der Waals surface area contributed by atoms with Crippen LogP contribution >= 0.6 is 0 Å². The third-order valence-electron chi connectivity index (χ3n) is 3.80. The van der Waals surface area contributed by atoms with Crippen LogP contribution in [0, 0.1) is 13.8 Å². The van der Waals surface area contributed by atoms with Crippen molar-refractivity contribution < 1.29 is 0 Å². The molecule has 0 unspecified atom stereocenters. The van der Waals surface area contributed by atoms with Gasteiger partial charge in [-0.3, -0.25) is 0 Å². The molecule has 0 spiro atoms. The van der Waals surface area contributed by atoms with Crippen molar-refractivity contribution >= 4 is 5.69 Å². The van der Waals surface area contributed by atoms with Crippen molar-refractivity contribution in [3.8, 4) is 11.4 Å². The zero-order valence-electron chi connectivity index (χ0n) is 12.1. The molecule has 1 aliphatic rings. The lowest BCUT2D eigenvalue weighted by atomic mass is 10.1. The third-order valence-corrected chi connectivity index (χ3v) is 3.80. The summed E-state index contributed by atoms with van der Waals surface area (Å²) in [4.78, 5) is 11.6. The fraction of sp³-hybridized carbons (Fsp3) is 0.375. The first-order chi connectivity index (χ1) is 9.75. The molecule has 1 N–H and O–H groups in total. The van der Waals surface area contributed by atoms with Gasteiger partial charge in [0.05, 0.1) is 17.6 Å². The van der Waals surface area contributed by atoms with E-state index in [0.717, 1.165) is 48.9 Å². The summed E-state index contributed by atoms with van der Waals surface area (Å²) in [6, 6.07) is 8.25. The van der Waals surface area contributed by atoms with Crippen molar-refractivity contribution in [1.82, 2.24) is 15.3 Å². The van der Waals surface area contributed by atoms with Gasteiger partial charge in [0.2, 0.25) is 0 Å². The molecule has 0 aliphatic carbocycles. The number of hydrogen-bond donors (Lipinski definition) is 1. The minimum atomic E-state index is 0.819. The summed E-state index contributed by atoms with van der Waals surface area (Å²) in [7, 11) is 0. The number of aryl methyl sites for hydroxylation is 2. The van der Waals surface area contributed by atoms with Crippen LogP contribution < -0.4 is 10.2 Å². The maximum atomic E-state index is 4.71. The second kappa shape index (κ2) is 5.59. The normalized spacial score (nSPS) is 15.4. The Labute approximate surface area is 119 Å². The Balaban J connectivity index is 1.93. The third kappa shape index (κ3) is 2.51. The number of nitrogens with one attached hydrogen (secondary N) is 1. The number of hydrogen-bond acceptors (Lipinski definition) is 4. The van der Waals surface area contributed by atoms with E-state index in [1.54, 1.807) is 0 Å². The number of nitrogens with zero attached hydrogens (tertiary/aromatic N) is 3. The summed E-state index contributed by atoms with van der Waals surface area (Å²) in [5.74, 6) is 0.819. The summed E-state index contributed by atoms with van der Waals surface area (Å²) in [6.45, 7) is 8.26. The van der Waals surface area contributed by atoms with Gasteiger partial charge in [0.1, 0.15) is 0 Å². The first kappa shape index (κ1) is 13.1. The fourth-order valence-electron chi connectivity index (χ4n) is 2.63. The molecule has 104 valence electrons. The van der Waals surface area contributed by atoms with Gasteiger partial charge in [-0.25, -0.2) is 9.97 Å². The number of piperazine rings is 1. The molecule has 0 atom stereocenters. The maximum absolute atomic E-state index is 4.71. The van der Waals surface area contributed by atoms with Crippen molar-refractivity contribution in [1.29, 1.82) is 0 Å². The van der Waals surface area contributed by atoms with Crippen LogP contribution in [-0.2, 0) is 0 Å². The van der Waals surface area contributed by atoms with Crippen LogP contribution in [0.4, 0.5) is 5.69 Å². The van der Waals surface area contributed by atoms with Crippen LogP contribution in [0.15, 0.2) is 30.5 Å². The molecule has 4 nitrogen and oxygen atoms in total. The zero-order valence-corrected chi connectivity index (χ0v) is 12.1. The van der Waals surface area contributed by atoms with E-state index in [1.165, 1.54) is 5.56 Å². The fourth-order valence-corrected chi connectivity index (χ4v) is 2.63. The smallest absolute Gasteiger partial charge is 0.159 e. The van der Waals surface area contributed by atoms with Crippen molar-refractivity contribution in [3.63, 3.8) is 0 Å². The lowest BCUT2D eigenvalue weighted by molar-refractivity contribution is 0.587. The van der Waals surface area contributed by atoms with Crippen molar-refractivity contribution in [2.24, 2.45) is 0 Å². The predicted molar refractivity (Wildman–Crippen MR) is 82.0 cm³/mol. The van der Waals surface area contributed by atoms with Gasteiger partial charge in [0.15, 0.2) is 5.82 Å². The lowest BCUT2D eigenvalue weighted by Crippen LogP contribution is -2.43. The van der Waals surface area contributed by atoms with Crippen LogP contribution in [0.1, 0.15) is 11.3 Å². The zero-order chi connectivity index (χ0) is 13.9. The summed E-state index contributed by atoms with van der Waals surface area (Å²) in [5.41, 5.74) is 4.54. The van der Waals surface area contributed by atoms with Crippen LogP contribution in [0.5, 0.6) is 0 Å². The van der Waals surface area contributed by atoms with E-state index < -0.39 is 0 Å². The van der Waals surface area contributed by atoms with E-state index in [1.807, 2.05) is 18.3 Å². The quantitative estimate of drug-likeness (QED) is 0.906. The molecule has 1 aromatic heterocycles. The predicted octanol–water partition coefficient (Wildman–Crippen LogP) is 2.17. The monoisotopic (exact) mass is 268 g/mol. The van der Waals surface area contributed by atoms with Gasteiger partial charge in [-0.2, -0.15) is 0 Å². The van der Waals surface area contributed by atoms with Crippen molar-refractivity contribution in [3.05, 3.63) is 41.7 Å². The molecular weight excluding hydrogens is 248 g/mol. The molecule has 4 heteroatoms. The highest BCUT2D eigenvalue weighted by Crippen LogP contribution is 2.23. The van der Waals surface area contributed by atoms with Crippen molar-refractivity contribution in [2.45, 2.75) is 13.8 Å². The van der Waals surface area contributed by atoms with Gasteiger partial charge in [-0.1, -0.05) is 24.3 Å². The van der Waals surface area contributed by atoms with Gasteiger partial charge in [-0.05, 0) is 19.4 Å². The van der Waals surface area contributed by atoms with E-state index in [9.17, 15) is 0 Å². The first-order valence-electron chi connectivity index (χ1n) is 7.11. The van der Waals surface area contributed by atoms with Crippen LogP contribution in [0.2, 0.25) is 0 Å². The van der Waals surface area contributed by atoms with E-state index >= 15 is 0 Å². The molecule has 3 rings (SSSR count). The summed E-state index contributed by atoms with van der Waals surface area (Å²) in [5, 5.41) is 3.37. The Morgan fingerprint density at radius 2 is 1.85 bits per heavy atom. The molecule has 0 saturated carbocycles. The largest absolute Gasteiger partial charge is 0.366 e. The molecule has 2 heterocycles. The molecule has 1 fully saturated rings. The molecule has 2 aromatic rings.